The van der Waals surface area contributed by atoms with Gasteiger partial charge >= 0.3 is 0 Å². The van der Waals surface area contributed by atoms with Gasteiger partial charge in [-0.05, 0) is 37.6 Å². The molecule has 1 amide bonds. The van der Waals surface area contributed by atoms with Crippen molar-refractivity contribution in [3.8, 4) is 5.75 Å². The summed E-state index contributed by atoms with van der Waals surface area (Å²) in [7, 11) is -3.04. The Balaban J connectivity index is 2.10. The minimum atomic E-state index is -3.04. The maximum atomic E-state index is 11.9. The van der Waals surface area contributed by atoms with Crippen molar-refractivity contribution in [3.63, 3.8) is 0 Å². The molecule has 2 N–H and O–H groups in total. The molecule has 1 aromatic rings. The zero-order valence-electron chi connectivity index (χ0n) is 10.0. The van der Waals surface area contributed by atoms with E-state index in [4.69, 9.17) is 5.11 Å². The molecule has 0 radical (unpaired) electrons. The van der Waals surface area contributed by atoms with E-state index >= 15 is 0 Å². The molecule has 1 heterocycles. The van der Waals surface area contributed by atoms with Gasteiger partial charge in [0.1, 0.15) is 5.75 Å². The summed E-state index contributed by atoms with van der Waals surface area (Å²) in [6.07, 6.45) is 0.430. The molecule has 6 heteroatoms. The minimum absolute atomic E-state index is 0.0240. The van der Waals surface area contributed by atoms with E-state index in [0.717, 1.165) is 0 Å². The highest BCUT2D eigenvalue weighted by Crippen LogP contribution is 2.23. The van der Waals surface area contributed by atoms with E-state index in [0.29, 0.717) is 12.0 Å². The zero-order chi connectivity index (χ0) is 13.4. The number of hydrogen-bond donors (Lipinski definition) is 2. The molecule has 0 spiro atoms. The van der Waals surface area contributed by atoms with Crippen molar-refractivity contribution in [2.45, 2.75) is 18.9 Å². The number of hydrogen-bond acceptors (Lipinski definition) is 4. The smallest absolute Gasteiger partial charge is 0.251 e. The van der Waals surface area contributed by atoms with E-state index in [2.05, 4.69) is 5.32 Å². The highest BCUT2D eigenvalue weighted by atomic mass is 32.2. The third kappa shape index (κ3) is 2.81. The summed E-state index contributed by atoms with van der Waals surface area (Å²) in [6, 6.07) is 5.83. The molecule has 0 saturated carbocycles. The summed E-state index contributed by atoms with van der Waals surface area (Å²) in [5.74, 6) is -0.154. The Hall–Kier alpha value is -1.56. The lowest BCUT2D eigenvalue weighted by molar-refractivity contribution is 0.0915. The first-order chi connectivity index (χ1) is 8.30. The summed E-state index contributed by atoms with van der Waals surface area (Å²) in [5.41, 5.74) is -0.299. The van der Waals surface area contributed by atoms with Crippen LogP contribution in [-0.4, -0.2) is 36.5 Å². The van der Waals surface area contributed by atoms with E-state index in [1.54, 1.807) is 6.92 Å². The molecule has 1 fully saturated rings. The van der Waals surface area contributed by atoms with Gasteiger partial charge in [0, 0.05) is 5.56 Å². The van der Waals surface area contributed by atoms with Gasteiger partial charge in [-0.3, -0.25) is 4.79 Å². The summed E-state index contributed by atoms with van der Waals surface area (Å²) in [4.78, 5) is 11.9. The summed E-state index contributed by atoms with van der Waals surface area (Å²) >= 11 is 0. The van der Waals surface area contributed by atoms with Gasteiger partial charge in [0.2, 0.25) is 0 Å². The van der Waals surface area contributed by atoms with Gasteiger partial charge in [-0.2, -0.15) is 0 Å². The van der Waals surface area contributed by atoms with Crippen LogP contribution in [0.4, 0.5) is 0 Å². The van der Waals surface area contributed by atoms with Crippen LogP contribution in [0.5, 0.6) is 5.75 Å². The first kappa shape index (κ1) is 12.9. The van der Waals surface area contributed by atoms with Crippen LogP contribution in [0.1, 0.15) is 23.7 Å². The number of carbonyl (C=O) groups excluding carboxylic acids is 1. The highest BCUT2D eigenvalue weighted by molar-refractivity contribution is 7.91. The van der Waals surface area contributed by atoms with Crippen molar-refractivity contribution in [2.75, 3.05) is 11.5 Å². The van der Waals surface area contributed by atoms with Crippen molar-refractivity contribution >= 4 is 15.7 Å². The Morgan fingerprint density at radius 3 is 2.44 bits per heavy atom. The molecule has 18 heavy (non-hydrogen) atoms. The molecule has 1 atom stereocenters. The van der Waals surface area contributed by atoms with Crippen LogP contribution in [0.2, 0.25) is 0 Å². The van der Waals surface area contributed by atoms with E-state index < -0.39 is 15.4 Å². The van der Waals surface area contributed by atoms with Crippen molar-refractivity contribution < 1.29 is 18.3 Å². The molecule has 1 aliphatic rings. The quantitative estimate of drug-likeness (QED) is 0.827. The fraction of sp³-hybridized carbons (Fsp3) is 0.417. The monoisotopic (exact) mass is 269 g/mol. The largest absolute Gasteiger partial charge is 0.508 e. The molecular weight excluding hydrogens is 254 g/mol. The Labute approximate surface area is 106 Å². The molecule has 5 nitrogen and oxygen atoms in total. The Morgan fingerprint density at radius 2 is 1.94 bits per heavy atom. The zero-order valence-corrected chi connectivity index (χ0v) is 10.8. The number of benzene rings is 1. The molecular formula is C12H15NO4S. The van der Waals surface area contributed by atoms with Gasteiger partial charge in [-0.25, -0.2) is 8.42 Å². The second kappa shape index (κ2) is 4.28. The van der Waals surface area contributed by atoms with E-state index in [-0.39, 0.29) is 23.2 Å². The van der Waals surface area contributed by atoms with Crippen LogP contribution in [-0.2, 0) is 9.84 Å². The van der Waals surface area contributed by atoms with Crippen molar-refractivity contribution in [2.24, 2.45) is 0 Å². The average Bonchev–Trinajstić information content (AvgIpc) is 2.53. The Kier molecular flexibility index (Phi) is 3.06. The fourth-order valence-electron chi connectivity index (χ4n) is 2.07. The number of phenols is 1. The SMILES string of the molecule is CC1(NC(=O)c2ccc(O)cc2)CCS(=O)(=O)C1. The number of carbonyl (C=O) groups is 1. The molecule has 1 aliphatic heterocycles. The van der Waals surface area contributed by atoms with E-state index in [9.17, 15) is 13.2 Å². The predicted octanol–water partition coefficient (Wildman–Crippen LogP) is 0.699. The molecule has 1 aromatic carbocycles. The second-order valence-electron chi connectivity index (χ2n) is 4.90. The van der Waals surface area contributed by atoms with E-state index in [1.807, 2.05) is 0 Å². The lowest BCUT2D eigenvalue weighted by Crippen LogP contribution is -2.46. The molecule has 1 unspecified atom stereocenters. The highest BCUT2D eigenvalue weighted by Gasteiger charge is 2.39. The summed E-state index contributed by atoms with van der Waals surface area (Å²) in [6.45, 7) is 1.73. The van der Waals surface area contributed by atoms with Gasteiger partial charge in [0.25, 0.3) is 5.91 Å². The normalized spacial score (nSPS) is 25.8. The minimum Gasteiger partial charge on any atom is -0.508 e. The fourth-order valence-corrected chi connectivity index (χ4v) is 4.16. The lowest BCUT2D eigenvalue weighted by atomic mass is 10.0. The van der Waals surface area contributed by atoms with Gasteiger partial charge in [-0.15, -0.1) is 0 Å². The van der Waals surface area contributed by atoms with Gasteiger partial charge in [-0.1, -0.05) is 0 Å². The number of sulfone groups is 1. The Morgan fingerprint density at radius 1 is 1.33 bits per heavy atom. The maximum absolute atomic E-state index is 11.9. The predicted molar refractivity (Wildman–Crippen MR) is 67.2 cm³/mol. The topological polar surface area (TPSA) is 83.5 Å². The number of amides is 1. The van der Waals surface area contributed by atoms with Crippen molar-refractivity contribution in [1.82, 2.24) is 5.32 Å². The third-order valence-electron chi connectivity index (χ3n) is 3.05. The second-order valence-corrected chi connectivity index (χ2v) is 7.09. The Bertz CT molecular complexity index is 564. The first-order valence-electron chi connectivity index (χ1n) is 5.62. The third-order valence-corrected chi connectivity index (χ3v) is 4.95. The van der Waals surface area contributed by atoms with Crippen LogP contribution < -0.4 is 5.32 Å². The average molecular weight is 269 g/mol. The molecule has 0 aliphatic carbocycles. The maximum Gasteiger partial charge on any atom is 0.251 e. The van der Waals surface area contributed by atoms with Gasteiger partial charge < -0.3 is 10.4 Å². The molecule has 98 valence electrons. The van der Waals surface area contributed by atoms with Crippen LogP contribution >= 0.6 is 0 Å². The summed E-state index contributed by atoms with van der Waals surface area (Å²) in [5, 5.41) is 11.9. The van der Waals surface area contributed by atoms with Gasteiger partial charge in [0.05, 0.1) is 17.0 Å². The number of aromatic hydroxyl groups is 1. The first-order valence-corrected chi connectivity index (χ1v) is 7.44. The molecule has 2 rings (SSSR count). The van der Waals surface area contributed by atoms with Crippen LogP contribution in [0.15, 0.2) is 24.3 Å². The summed E-state index contributed by atoms with van der Waals surface area (Å²) < 4.78 is 22.8. The van der Waals surface area contributed by atoms with Crippen molar-refractivity contribution in [1.29, 1.82) is 0 Å². The molecule has 1 saturated heterocycles. The van der Waals surface area contributed by atoms with E-state index in [1.165, 1.54) is 24.3 Å². The standard InChI is InChI=1S/C12H15NO4S/c1-12(6-7-18(16,17)8-12)13-11(15)9-2-4-10(14)5-3-9/h2-5,14H,6-8H2,1H3,(H,13,15). The van der Waals surface area contributed by atoms with Gasteiger partial charge in [0.15, 0.2) is 9.84 Å². The lowest BCUT2D eigenvalue weighted by Gasteiger charge is -2.23. The van der Waals surface area contributed by atoms with Crippen LogP contribution in [0, 0.1) is 0 Å². The van der Waals surface area contributed by atoms with Crippen molar-refractivity contribution in [3.05, 3.63) is 29.8 Å². The number of phenolic OH excluding ortho intramolecular Hbond substituents is 1. The van der Waals surface area contributed by atoms with Crippen LogP contribution in [0.3, 0.4) is 0 Å². The molecule has 0 aromatic heterocycles. The van der Waals surface area contributed by atoms with Crippen LogP contribution in [0.25, 0.3) is 0 Å². The number of nitrogens with one attached hydrogen (secondary N) is 1. The number of rotatable bonds is 2. The molecule has 0 bridgehead atoms.